The van der Waals surface area contributed by atoms with Crippen LogP contribution in [0.15, 0.2) is 0 Å². The summed E-state index contributed by atoms with van der Waals surface area (Å²) in [5, 5.41) is 3.63. The Labute approximate surface area is 120 Å². The molecule has 19 heavy (non-hydrogen) atoms. The largest absolute Gasteiger partial charge is 0.314 e. The number of nitrogens with zero attached hydrogens (tertiary/aromatic N) is 1. The van der Waals surface area contributed by atoms with Gasteiger partial charge in [0, 0.05) is 18.6 Å². The van der Waals surface area contributed by atoms with Gasteiger partial charge in [-0.2, -0.15) is 0 Å². The molecule has 4 unspecified atom stereocenters. The summed E-state index contributed by atoms with van der Waals surface area (Å²) in [6.07, 6.45) is 7.16. The number of piperidine rings is 1. The first kappa shape index (κ1) is 15.3. The van der Waals surface area contributed by atoms with Crippen molar-refractivity contribution in [2.45, 2.75) is 71.9 Å². The van der Waals surface area contributed by atoms with E-state index in [2.05, 4.69) is 37.9 Å². The van der Waals surface area contributed by atoms with E-state index >= 15 is 0 Å². The third kappa shape index (κ3) is 4.19. The van der Waals surface area contributed by atoms with Crippen LogP contribution in [-0.4, -0.2) is 36.6 Å². The molecule has 0 amide bonds. The first-order chi connectivity index (χ1) is 9.08. The van der Waals surface area contributed by atoms with Crippen LogP contribution in [0.4, 0.5) is 0 Å². The maximum atomic E-state index is 3.63. The Kier molecular flexibility index (Phi) is 5.70. The van der Waals surface area contributed by atoms with E-state index < -0.39 is 0 Å². The second-order valence-corrected chi connectivity index (χ2v) is 7.40. The van der Waals surface area contributed by atoms with Gasteiger partial charge in [-0.3, -0.25) is 4.90 Å². The molecule has 0 aromatic heterocycles. The molecule has 2 nitrogen and oxygen atoms in total. The van der Waals surface area contributed by atoms with Crippen molar-refractivity contribution in [1.82, 2.24) is 10.2 Å². The molecule has 4 atom stereocenters. The number of rotatable bonds is 4. The molecule has 1 N–H and O–H groups in total. The minimum atomic E-state index is 0.629. The fourth-order valence-electron chi connectivity index (χ4n) is 4.04. The lowest BCUT2D eigenvalue weighted by atomic mass is 9.76. The van der Waals surface area contributed by atoms with Gasteiger partial charge >= 0.3 is 0 Å². The lowest BCUT2D eigenvalue weighted by molar-refractivity contribution is 0.0460. The van der Waals surface area contributed by atoms with Gasteiger partial charge in [0.05, 0.1) is 0 Å². The summed E-state index contributed by atoms with van der Waals surface area (Å²) < 4.78 is 0. The van der Waals surface area contributed by atoms with Gasteiger partial charge in [0.25, 0.3) is 0 Å². The smallest absolute Gasteiger partial charge is 0.0123 e. The third-order valence-corrected chi connectivity index (χ3v) is 5.50. The molecule has 2 rings (SSSR count). The van der Waals surface area contributed by atoms with Crippen molar-refractivity contribution < 1.29 is 0 Å². The minimum Gasteiger partial charge on any atom is -0.314 e. The van der Waals surface area contributed by atoms with Crippen LogP contribution in [0.3, 0.4) is 0 Å². The highest BCUT2D eigenvalue weighted by Gasteiger charge is 2.33. The quantitative estimate of drug-likeness (QED) is 0.837. The Hall–Kier alpha value is -0.0800. The van der Waals surface area contributed by atoms with Crippen molar-refractivity contribution in [3.63, 3.8) is 0 Å². The highest BCUT2D eigenvalue weighted by atomic mass is 15.2. The van der Waals surface area contributed by atoms with Gasteiger partial charge < -0.3 is 5.32 Å². The van der Waals surface area contributed by atoms with Crippen LogP contribution in [-0.2, 0) is 0 Å². The molecule has 0 radical (unpaired) electrons. The van der Waals surface area contributed by atoms with Crippen LogP contribution in [0.5, 0.6) is 0 Å². The van der Waals surface area contributed by atoms with Crippen LogP contribution >= 0.6 is 0 Å². The van der Waals surface area contributed by atoms with Crippen LogP contribution in [0.1, 0.15) is 59.8 Å². The van der Waals surface area contributed by atoms with Gasteiger partial charge in [-0.15, -0.1) is 0 Å². The van der Waals surface area contributed by atoms with E-state index in [9.17, 15) is 0 Å². The Morgan fingerprint density at radius 3 is 2.63 bits per heavy atom. The van der Waals surface area contributed by atoms with Crippen molar-refractivity contribution in [2.24, 2.45) is 17.8 Å². The lowest BCUT2D eigenvalue weighted by Crippen LogP contribution is -2.50. The minimum absolute atomic E-state index is 0.629. The first-order valence-corrected chi connectivity index (χ1v) is 8.55. The second-order valence-electron chi connectivity index (χ2n) is 7.40. The standard InChI is InChI=1S/C17H34N2/c1-13(2)18-11-16-8-6-10-19(12-16)17-9-5-7-14(3)15(17)4/h13-18H,5-12H2,1-4H3. The van der Waals surface area contributed by atoms with Gasteiger partial charge in [0.1, 0.15) is 0 Å². The molecule has 0 spiro atoms. The molecule has 2 aliphatic rings. The number of hydrogen-bond donors (Lipinski definition) is 1. The average Bonchev–Trinajstić information content (AvgIpc) is 2.40. The molecule has 0 aromatic rings. The molecule has 2 fully saturated rings. The van der Waals surface area contributed by atoms with E-state index in [4.69, 9.17) is 0 Å². The fraction of sp³-hybridized carbons (Fsp3) is 1.00. The van der Waals surface area contributed by atoms with E-state index in [1.807, 2.05) is 0 Å². The first-order valence-electron chi connectivity index (χ1n) is 8.55. The summed E-state index contributed by atoms with van der Waals surface area (Å²) in [7, 11) is 0. The molecule has 1 aliphatic heterocycles. The van der Waals surface area contributed by atoms with E-state index in [1.165, 1.54) is 51.7 Å². The number of hydrogen-bond acceptors (Lipinski definition) is 2. The highest BCUT2D eigenvalue weighted by molar-refractivity contribution is 4.87. The topological polar surface area (TPSA) is 15.3 Å². The van der Waals surface area contributed by atoms with Crippen molar-refractivity contribution in [1.29, 1.82) is 0 Å². The Bertz CT molecular complexity index is 264. The molecule has 1 heterocycles. The Balaban J connectivity index is 1.85. The van der Waals surface area contributed by atoms with Crippen molar-refractivity contribution in [3.05, 3.63) is 0 Å². The molecule has 2 heteroatoms. The third-order valence-electron chi connectivity index (χ3n) is 5.50. The van der Waals surface area contributed by atoms with Crippen molar-refractivity contribution in [3.8, 4) is 0 Å². The molecular formula is C17H34N2. The second kappa shape index (κ2) is 7.08. The maximum Gasteiger partial charge on any atom is 0.0123 e. The summed E-state index contributed by atoms with van der Waals surface area (Å²) in [6, 6.07) is 1.50. The Morgan fingerprint density at radius 1 is 1.11 bits per heavy atom. The molecule has 112 valence electrons. The van der Waals surface area contributed by atoms with E-state index in [0.29, 0.717) is 6.04 Å². The van der Waals surface area contributed by atoms with Crippen LogP contribution < -0.4 is 5.32 Å². The van der Waals surface area contributed by atoms with Crippen LogP contribution in [0.2, 0.25) is 0 Å². The predicted molar refractivity (Wildman–Crippen MR) is 83.4 cm³/mol. The molecule has 1 saturated heterocycles. The van der Waals surface area contributed by atoms with Gasteiger partial charge in [-0.05, 0) is 50.1 Å². The summed E-state index contributed by atoms with van der Waals surface area (Å²) in [6.45, 7) is 13.4. The monoisotopic (exact) mass is 266 g/mol. The van der Waals surface area contributed by atoms with E-state index in [-0.39, 0.29) is 0 Å². The molecule has 1 aliphatic carbocycles. The number of nitrogens with one attached hydrogen (secondary N) is 1. The summed E-state index contributed by atoms with van der Waals surface area (Å²) in [5.41, 5.74) is 0. The zero-order valence-electron chi connectivity index (χ0n) is 13.5. The summed E-state index contributed by atoms with van der Waals surface area (Å²) in [5.74, 6) is 2.69. The summed E-state index contributed by atoms with van der Waals surface area (Å²) in [4.78, 5) is 2.83. The SMILES string of the molecule is CC(C)NCC1CCCN(C2CCCC(C)C2C)C1. The Morgan fingerprint density at radius 2 is 1.89 bits per heavy atom. The maximum absolute atomic E-state index is 3.63. The van der Waals surface area contributed by atoms with Crippen molar-refractivity contribution in [2.75, 3.05) is 19.6 Å². The van der Waals surface area contributed by atoms with Gasteiger partial charge in [-0.25, -0.2) is 0 Å². The van der Waals surface area contributed by atoms with Crippen molar-refractivity contribution >= 4 is 0 Å². The lowest BCUT2D eigenvalue weighted by Gasteiger charge is -2.45. The van der Waals surface area contributed by atoms with Gasteiger partial charge in [0.2, 0.25) is 0 Å². The van der Waals surface area contributed by atoms with Crippen LogP contribution in [0.25, 0.3) is 0 Å². The zero-order chi connectivity index (χ0) is 13.8. The highest BCUT2D eigenvalue weighted by Crippen LogP contribution is 2.34. The summed E-state index contributed by atoms with van der Waals surface area (Å²) >= 11 is 0. The van der Waals surface area contributed by atoms with Crippen LogP contribution in [0, 0.1) is 17.8 Å². The molecular weight excluding hydrogens is 232 g/mol. The molecule has 0 aromatic carbocycles. The molecule has 0 bridgehead atoms. The van der Waals surface area contributed by atoms with E-state index in [0.717, 1.165) is 23.8 Å². The predicted octanol–water partition coefficient (Wildman–Crippen LogP) is 3.52. The van der Waals surface area contributed by atoms with Gasteiger partial charge in [0.15, 0.2) is 0 Å². The fourth-order valence-corrected chi connectivity index (χ4v) is 4.04. The van der Waals surface area contributed by atoms with E-state index in [1.54, 1.807) is 0 Å². The average molecular weight is 266 g/mol. The van der Waals surface area contributed by atoms with Gasteiger partial charge in [-0.1, -0.05) is 40.5 Å². The normalized spacial score (nSPS) is 37.7. The zero-order valence-corrected chi connectivity index (χ0v) is 13.5. The number of likely N-dealkylation sites (tertiary alicyclic amines) is 1. The molecule has 1 saturated carbocycles.